The molecule has 0 radical (unpaired) electrons. The van der Waals surface area contributed by atoms with Gasteiger partial charge in [0.15, 0.2) is 0 Å². The summed E-state index contributed by atoms with van der Waals surface area (Å²) in [6.45, 7) is 3.14. The van der Waals surface area contributed by atoms with E-state index < -0.39 is 0 Å². The molecule has 4 nitrogen and oxygen atoms in total. The number of rotatable bonds is 6. The van der Waals surface area contributed by atoms with Gasteiger partial charge in [-0.2, -0.15) is 0 Å². The van der Waals surface area contributed by atoms with Crippen molar-refractivity contribution in [1.82, 2.24) is 9.97 Å². The molecule has 0 aliphatic heterocycles. The smallest absolute Gasteiger partial charge is 0.225 e. The first-order valence-corrected chi connectivity index (χ1v) is 5.90. The second-order valence-electron chi connectivity index (χ2n) is 3.73. The maximum atomic E-state index is 5.53. The van der Waals surface area contributed by atoms with Gasteiger partial charge in [-0.15, -0.1) is 0 Å². The number of nitrogens with zero attached hydrogens (tertiary/aromatic N) is 3. The van der Waals surface area contributed by atoms with E-state index in [9.17, 15) is 0 Å². The zero-order valence-electron chi connectivity index (χ0n) is 9.81. The van der Waals surface area contributed by atoms with E-state index in [0.717, 1.165) is 13.0 Å². The molecule has 5 heteroatoms. The fourth-order valence-electron chi connectivity index (χ4n) is 1.37. The van der Waals surface area contributed by atoms with Gasteiger partial charge in [0.05, 0.1) is 0 Å². The zero-order valence-corrected chi connectivity index (χ0v) is 10.6. The Hall–Kier alpha value is -1.23. The highest BCUT2D eigenvalue weighted by molar-refractivity contribution is 7.80. The van der Waals surface area contributed by atoms with E-state index in [1.165, 1.54) is 12.8 Å². The van der Waals surface area contributed by atoms with Crippen LogP contribution in [0.2, 0.25) is 0 Å². The van der Waals surface area contributed by atoms with Gasteiger partial charge in [-0.05, 0) is 12.5 Å². The molecule has 0 bridgehead atoms. The van der Waals surface area contributed by atoms with Crippen molar-refractivity contribution >= 4 is 23.2 Å². The predicted molar refractivity (Wildman–Crippen MR) is 70.7 cm³/mol. The van der Waals surface area contributed by atoms with Crippen LogP contribution in [0.3, 0.4) is 0 Å². The van der Waals surface area contributed by atoms with Crippen molar-refractivity contribution in [2.75, 3.05) is 18.5 Å². The van der Waals surface area contributed by atoms with Crippen molar-refractivity contribution in [3.05, 3.63) is 18.0 Å². The molecule has 0 saturated heterocycles. The molecule has 0 atom stereocenters. The molecule has 1 heterocycles. The molecule has 0 fully saturated rings. The van der Waals surface area contributed by atoms with Crippen LogP contribution >= 0.6 is 12.2 Å². The molecule has 0 spiro atoms. The van der Waals surface area contributed by atoms with Crippen LogP contribution in [0.4, 0.5) is 5.95 Å². The van der Waals surface area contributed by atoms with Gasteiger partial charge in [0.2, 0.25) is 5.95 Å². The Morgan fingerprint density at radius 2 is 2.25 bits per heavy atom. The van der Waals surface area contributed by atoms with Gasteiger partial charge in [-0.25, -0.2) is 9.97 Å². The fraction of sp³-hybridized carbons (Fsp3) is 0.545. The van der Waals surface area contributed by atoms with Crippen LogP contribution in [0.5, 0.6) is 0 Å². The minimum Gasteiger partial charge on any atom is -0.388 e. The first kappa shape index (κ1) is 12.8. The third-order valence-electron chi connectivity index (χ3n) is 2.33. The second-order valence-corrected chi connectivity index (χ2v) is 4.17. The first-order valence-electron chi connectivity index (χ1n) is 5.49. The number of anilines is 1. The summed E-state index contributed by atoms with van der Waals surface area (Å²) in [5.74, 6) is 0.682. The Balaban J connectivity index is 2.64. The van der Waals surface area contributed by atoms with Gasteiger partial charge < -0.3 is 10.6 Å². The summed E-state index contributed by atoms with van der Waals surface area (Å²) >= 11 is 4.88. The standard InChI is InChI=1S/C11H18N4S/c1-3-4-5-8-15(2)11-13-7-6-9(14-11)10(12)16/h6-7H,3-5,8H2,1-2H3,(H2,12,16). The molecule has 0 saturated carbocycles. The van der Waals surface area contributed by atoms with Crippen LogP contribution in [-0.2, 0) is 0 Å². The fourth-order valence-corrected chi connectivity index (χ4v) is 1.48. The van der Waals surface area contributed by atoms with E-state index in [0.29, 0.717) is 16.6 Å². The number of nitrogens with two attached hydrogens (primary N) is 1. The monoisotopic (exact) mass is 238 g/mol. The maximum absolute atomic E-state index is 5.53. The van der Waals surface area contributed by atoms with Crippen LogP contribution in [0.1, 0.15) is 31.9 Å². The van der Waals surface area contributed by atoms with Crippen molar-refractivity contribution in [3.63, 3.8) is 0 Å². The van der Waals surface area contributed by atoms with Gasteiger partial charge in [-0.3, -0.25) is 0 Å². The maximum Gasteiger partial charge on any atom is 0.225 e. The summed E-state index contributed by atoms with van der Waals surface area (Å²) in [4.78, 5) is 10.8. The quantitative estimate of drug-likeness (QED) is 0.604. The van der Waals surface area contributed by atoms with Crippen LogP contribution in [-0.4, -0.2) is 28.5 Å². The lowest BCUT2D eigenvalue weighted by Crippen LogP contribution is -2.22. The summed E-state index contributed by atoms with van der Waals surface area (Å²) in [6.07, 6.45) is 5.27. The second kappa shape index (κ2) is 6.37. The van der Waals surface area contributed by atoms with Gasteiger partial charge in [0.25, 0.3) is 0 Å². The topological polar surface area (TPSA) is 55.0 Å². The average Bonchev–Trinajstić information content (AvgIpc) is 2.29. The Bertz CT molecular complexity index is 354. The minimum absolute atomic E-state index is 0.311. The molecule has 0 aromatic carbocycles. The van der Waals surface area contributed by atoms with Crippen molar-refractivity contribution < 1.29 is 0 Å². The average molecular weight is 238 g/mol. The normalized spacial score (nSPS) is 10.1. The first-order chi connectivity index (χ1) is 7.65. The molecular weight excluding hydrogens is 220 g/mol. The van der Waals surface area contributed by atoms with E-state index in [1.54, 1.807) is 12.3 Å². The highest BCUT2D eigenvalue weighted by atomic mass is 32.1. The number of thiocarbonyl (C=S) groups is 1. The molecule has 16 heavy (non-hydrogen) atoms. The Morgan fingerprint density at radius 3 is 2.88 bits per heavy atom. The molecular formula is C11H18N4S. The van der Waals surface area contributed by atoms with Gasteiger partial charge in [0.1, 0.15) is 10.7 Å². The van der Waals surface area contributed by atoms with E-state index >= 15 is 0 Å². The van der Waals surface area contributed by atoms with Crippen LogP contribution in [0, 0.1) is 0 Å². The molecule has 0 aliphatic carbocycles. The van der Waals surface area contributed by atoms with Crippen LogP contribution in [0.15, 0.2) is 12.3 Å². The summed E-state index contributed by atoms with van der Waals surface area (Å²) < 4.78 is 0. The van der Waals surface area contributed by atoms with Crippen molar-refractivity contribution in [2.24, 2.45) is 5.73 Å². The molecule has 1 aromatic rings. The van der Waals surface area contributed by atoms with E-state index in [1.807, 2.05) is 11.9 Å². The molecule has 1 rings (SSSR count). The number of hydrogen-bond donors (Lipinski definition) is 1. The Labute approximate surface area is 102 Å². The molecule has 0 unspecified atom stereocenters. The van der Waals surface area contributed by atoms with Crippen molar-refractivity contribution in [2.45, 2.75) is 26.2 Å². The summed E-state index contributed by atoms with van der Waals surface area (Å²) in [5, 5.41) is 0. The third-order valence-corrected chi connectivity index (χ3v) is 2.54. The summed E-state index contributed by atoms with van der Waals surface area (Å²) in [5.41, 5.74) is 6.15. The number of hydrogen-bond acceptors (Lipinski definition) is 4. The van der Waals surface area contributed by atoms with E-state index in [4.69, 9.17) is 18.0 Å². The lowest BCUT2D eigenvalue weighted by Gasteiger charge is -2.16. The number of aromatic nitrogens is 2. The van der Waals surface area contributed by atoms with Gasteiger partial charge in [0, 0.05) is 19.8 Å². The van der Waals surface area contributed by atoms with Crippen LogP contribution < -0.4 is 10.6 Å². The third kappa shape index (κ3) is 3.73. The Kier molecular flexibility index (Phi) is 5.11. The van der Waals surface area contributed by atoms with Crippen LogP contribution in [0.25, 0.3) is 0 Å². The molecule has 0 aliphatic rings. The lowest BCUT2D eigenvalue weighted by molar-refractivity contribution is 0.696. The molecule has 88 valence electrons. The largest absolute Gasteiger partial charge is 0.388 e. The SMILES string of the molecule is CCCCCN(C)c1nccc(C(N)=S)n1. The Morgan fingerprint density at radius 1 is 1.50 bits per heavy atom. The van der Waals surface area contributed by atoms with Crippen molar-refractivity contribution in [1.29, 1.82) is 0 Å². The van der Waals surface area contributed by atoms with E-state index in [2.05, 4.69) is 16.9 Å². The van der Waals surface area contributed by atoms with E-state index in [-0.39, 0.29) is 0 Å². The van der Waals surface area contributed by atoms with Crippen molar-refractivity contribution in [3.8, 4) is 0 Å². The minimum atomic E-state index is 0.311. The highest BCUT2D eigenvalue weighted by Gasteiger charge is 2.05. The lowest BCUT2D eigenvalue weighted by atomic mass is 10.2. The summed E-state index contributed by atoms with van der Waals surface area (Å²) in [6, 6.07) is 1.73. The predicted octanol–water partition coefficient (Wildman–Crippen LogP) is 1.74. The highest BCUT2D eigenvalue weighted by Crippen LogP contribution is 2.07. The van der Waals surface area contributed by atoms with Gasteiger partial charge >= 0.3 is 0 Å². The zero-order chi connectivity index (χ0) is 12.0. The molecule has 1 aromatic heterocycles. The van der Waals surface area contributed by atoms with Gasteiger partial charge in [-0.1, -0.05) is 32.0 Å². The number of unbranched alkanes of at least 4 members (excludes halogenated alkanes) is 2. The molecule has 2 N–H and O–H groups in total. The summed E-state index contributed by atoms with van der Waals surface area (Å²) in [7, 11) is 1.98. The molecule has 0 amide bonds.